The summed E-state index contributed by atoms with van der Waals surface area (Å²) < 4.78 is 5.85. The van der Waals surface area contributed by atoms with Gasteiger partial charge in [0.2, 0.25) is 5.91 Å². The van der Waals surface area contributed by atoms with Crippen molar-refractivity contribution in [3.8, 4) is 0 Å². The Morgan fingerprint density at radius 2 is 2.12 bits per heavy atom. The molecule has 0 unspecified atom stereocenters. The van der Waals surface area contributed by atoms with Gasteiger partial charge in [-0.25, -0.2) is 0 Å². The molecule has 1 saturated heterocycles. The molecule has 2 atom stereocenters. The Morgan fingerprint density at radius 1 is 1.29 bits per heavy atom. The maximum atomic E-state index is 12.7. The molecular formula is C19H25NO4. The van der Waals surface area contributed by atoms with E-state index in [1.807, 2.05) is 17.0 Å². The van der Waals surface area contributed by atoms with E-state index in [-0.39, 0.29) is 18.4 Å². The van der Waals surface area contributed by atoms with Crippen molar-refractivity contribution < 1.29 is 19.4 Å². The Labute approximate surface area is 142 Å². The highest BCUT2D eigenvalue weighted by atomic mass is 16.5. The lowest BCUT2D eigenvalue weighted by Crippen LogP contribution is -2.41. The molecule has 130 valence electrons. The molecule has 1 aromatic carbocycles. The quantitative estimate of drug-likeness (QED) is 0.901. The number of piperidine rings is 1. The topological polar surface area (TPSA) is 66.8 Å². The van der Waals surface area contributed by atoms with Gasteiger partial charge in [-0.15, -0.1) is 0 Å². The molecule has 2 aliphatic rings. The predicted octanol–water partition coefficient (Wildman–Crippen LogP) is 2.79. The van der Waals surface area contributed by atoms with Crippen molar-refractivity contribution >= 4 is 11.9 Å². The molecule has 24 heavy (non-hydrogen) atoms. The number of carboxylic acid groups (broad SMARTS) is 1. The summed E-state index contributed by atoms with van der Waals surface area (Å²) in [5, 5.41) is 8.83. The first-order valence-electron chi connectivity index (χ1n) is 8.82. The number of fused-ring (bicyclic) bond motifs is 1. The zero-order chi connectivity index (χ0) is 16.9. The van der Waals surface area contributed by atoms with Crippen LogP contribution in [-0.2, 0) is 20.7 Å². The number of nitrogens with zero attached hydrogens (tertiary/aromatic N) is 1. The van der Waals surface area contributed by atoms with E-state index < -0.39 is 5.97 Å². The minimum atomic E-state index is -0.759. The number of hydrogen-bond donors (Lipinski definition) is 1. The summed E-state index contributed by atoms with van der Waals surface area (Å²) in [4.78, 5) is 25.3. The maximum absolute atomic E-state index is 12.7. The SMILES string of the molecule is O=C(O)CC[C@@H]1CCCN(C(=O)C[C@H]2OCCc3ccccc32)C1. The van der Waals surface area contributed by atoms with Crippen molar-refractivity contribution in [2.45, 2.75) is 44.6 Å². The Balaban J connectivity index is 1.58. The zero-order valence-corrected chi connectivity index (χ0v) is 13.9. The molecule has 0 radical (unpaired) electrons. The monoisotopic (exact) mass is 331 g/mol. The normalized spacial score (nSPS) is 23.6. The van der Waals surface area contributed by atoms with Gasteiger partial charge in [0.05, 0.1) is 19.1 Å². The van der Waals surface area contributed by atoms with Gasteiger partial charge >= 0.3 is 5.97 Å². The fourth-order valence-corrected chi connectivity index (χ4v) is 3.79. The van der Waals surface area contributed by atoms with Crippen LogP contribution >= 0.6 is 0 Å². The Hall–Kier alpha value is -1.88. The van der Waals surface area contributed by atoms with E-state index in [2.05, 4.69) is 12.1 Å². The Kier molecular flexibility index (Phi) is 5.51. The second-order valence-electron chi connectivity index (χ2n) is 6.79. The molecule has 0 bridgehead atoms. The number of carboxylic acids is 1. The van der Waals surface area contributed by atoms with Crippen molar-refractivity contribution in [1.82, 2.24) is 4.90 Å². The highest BCUT2D eigenvalue weighted by molar-refractivity contribution is 5.77. The highest BCUT2D eigenvalue weighted by Gasteiger charge is 2.28. The van der Waals surface area contributed by atoms with Gasteiger partial charge < -0.3 is 14.7 Å². The summed E-state index contributed by atoms with van der Waals surface area (Å²) in [5.41, 5.74) is 2.41. The van der Waals surface area contributed by atoms with Crippen molar-refractivity contribution in [1.29, 1.82) is 0 Å². The van der Waals surface area contributed by atoms with Gasteiger partial charge in [-0.05, 0) is 42.7 Å². The zero-order valence-electron chi connectivity index (χ0n) is 13.9. The molecule has 1 aromatic rings. The molecule has 0 saturated carbocycles. The van der Waals surface area contributed by atoms with Gasteiger partial charge in [0.15, 0.2) is 0 Å². The van der Waals surface area contributed by atoms with E-state index in [4.69, 9.17) is 9.84 Å². The largest absolute Gasteiger partial charge is 0.481 e. The molecule has 0 spiro atoms. The molecule has 0 aromatic heterocycles. The van der Waals surface area contributed by atoms with E-state index >= 15 is 0 Å². The molecule has 1 amide bonds. The van der Waals surface area contributed by atoms with Gasteiger partial charge in [-0.3, -0.25) is 9.59 Å². The van der Waals surface area contributed by atoms with Crippen LogP contribution in [0.1, 0.15) is 49.3 Å². The van der Waals surface area contributed by atoms with Crippen LogP contribution in [0.15, 0.2) is 24.3 Å². The van der Waals surface area contributed by atoms with Crippen molar-refractivity contribution in [3.05, 3.63) is 35.4 Å². The first-order valence-corrected chi connectivity index (χ1v) is 8.82. The van der Waals surface area contributed by atoms with Crippen LogP contribution in [0.25, 0.3) is 0 Å². The number of benzene rings is 1. The molecule has 2 aliphatic heterocycles. The molecule has 1 N–H and O–H groups in total. The van der Waals surface area contributed by atoms with Gasteiger partial charge in [-0.1, -0.05) is 24.3 Å². The number of rotatable bonds is 5. The lowest BCUT2D eigenvalue weighted by Gasteiger charge is -2.34. The molecule has 5 nitrogen and oxygen atoms in total. The third-order valence-electron chi connectivity index (χ3n) is 5.09. The van der Waals surface area contributed by atoms with E-state index in [9.17, 15) is 9.59 Å². The minimum absolute atomic E-state index is 0.122. The third kappa shape index (κ3) is 4.15. The number of carbonyl (C=O) groups is 2. The molecule has 0 aliphatic carbocycles. The Bertz CT molecular complexity index is 601. The Morgan fingerprint density at radius 3 is 2.96 bits per heavy atom. The average Bonchev–Trinajstić information content (AvgIpc) is 2.60. The van der Waals surface area contributed by atoms with Crippen molar-refractivity contribution in [2.24, 2.45) is 5.92 Å². The number of hydrogen-bond acceptors (Lipinski definition) is 3. The van der Waals surface area contributed by atoms with E-state index in [1.165, 1.54) is 5.56 Å². The van der Waals surface area contributed by atoms with Gasteiger partial charge in [0.25, 0.3) is 0 Å². The van der Waals surface area contributed by atoms with Crippen LogP contribution in [0.2, 0.25) is 0 Å². The summed E-state index contributed by atoms with van der Waals surface area (Å²) in [6.45, 7) is 2.12. The maximum Gasteiger partial charge on any atom is 0.303 e. The first-order chi connectivity index (χ1) is 11.6. The lowest BCUT2D eigenvalue weighted by molar-refractivity contribution is -0.137. The number of aliphatic carboxylic acids is 1. The van der Waals surface area contributed by atoms with Crippen molar-refractivity contribution in [3.63, 3.8) is 0 Å². The fraction of sp³-hybridized carbons (Fsp3) is 0.579. The van der Waals surface area contributed by atoms with Crippen LogP contribution in [0.3, 0.4) is 0 Å². The average molecular weight is 331 g/mol. The van der Waals surface area contributed by atoms with Crippen LogP contribution in [0.5, 0.6) is 0 Å². The van der Waals surface area contributed by atoms with Crippen molar-refractivity contribution in [2.75, 3.05) is 19.7 Å². The molecule has 2 heterocycles. The summed E-state index contributed by atoms with van der Waals surface area (Å²) in [6, 6.07) is 8.19. The number of ether oxygens (including phenoxy) is 1. The second kappa shape index (κ2) is 7.79. The molecule has 3 rings (SSSR count). The smallest absolute Gasteiger partial charge is 0.303 e. The third-order valence-corrected chi connectivity index (χ3v) is 5.09. The standard InChI is InChI=1S/C19H25NO4/c21-18(20-10-3-4-14(13-20)7-8-19(22)23)12-17-16-6-2-1-5-15(16)9-11-24-17/h1-2,5-6,14,17H,3-4,7-13H2,(H,22,23)/t14-,17+/m0/s1. The minimum Gasteiger partial charge on any atom is -0.481 e. The van der Waals surface area contributed by atoms with E-state index in [1.54, 1.807) is 0 Å². The molecular weight excluding hydrogens is 306 g/mol. The van der Waals surface area contributed by atoms with Crippen LogP contribution in [0, 0.1) is 5.92 Å². The number of amides is 1. The summed E-state index contributed by atoms with van der Waals surface area (Å²) in [5.74, 6) is -0.333. The summed E-state index contributed by atoms with van der Waals surface area (Å²) in [7, 11) is 0. The second-order valence-corrected chi connectivity index (χ2v) is 6.79. The van der Waals surface area contributed by atoms with Gasteiger partial charge in [-0.2, -0.15) is 0 Å². The fourth-order valence-electron chi connectivity index (χ4n) is 3.79. The number of carbonyl (C=O) groups excluding carboxylic acids is 1. The van der Waals surface area contributed by atoms with E-state index in [0.29, 0.717) is 31.9 Å². The lowest BCUT2D eigenvalue weighted by atomic mass is 9.92. The van der Waals surface area contributed by atoms with Gasteiger partial charge in [0, 0.05) is 19.5 Å². The summed E-state index contributed by atoms with van der Waals surface area (Å²) >= 11 is 0. The van der Waals surface area contributed by atoms with Crippen LogP contribution in [0.4, 0.5) is 0 Å². The first kappa shape index (κ1) is 17.0. The number of likely N-dealkylation sites (tertiary alicyclic amines) is 1. The van der Waals surface area contributed by atoms with Gasteiger partial charge in [0.1, 0.15) is 0 Å². The molecule has 1 fully saturated rings. The predicted molar refractivity (Wildman–Crippen MR) is 89.6 cm³/mol. The molecule has 5 heteroatoms. The van der Waals surface area contributed by atoms with Crippen LogP contribution in [-0.4, -0.2) is 41.6 Å². The van der Waals surface area contributed by atoms with E-state index in [0.717, 1.165) is 31.4 Å². The van der Waals surface area contributed by atoms with Crippen LogP contribution < -0.4 is 0 Å². The highest BCUT2D eigenvalue weighted by Crippen LogP contribution is 2.31. The summed E-state index contributed by atoms with van der Waals surface area (Å²) in [6.07, 6.45) is 3.94.